The van der Waals surface area contributed by atoms with Gasteiger partial charge in [-0.05, 0) is 49.7 Å². The van der Waals surface area contributed by atoms with Crippen LogP contribution in [-0.2, 0) is 6.54 Å². The third-order valence-corrected chi connectivity index (χ3v) is 3.91. The number of rotatable bonds is 6. The predicted molar refractivity (Wildman–Crippen MR) is 85.1 cm³/mol. The van der Waals surface area contributed by atoms with Gasteiger partial charge in [-0.3, -0.25) is 0 Å². The fraction of sp³-hybridized carbons (Fsp3) is 0.312. The quantitative estimate of drug-likeness (QED) is 0.772. The number of aromatic nitrogens is 1. The maximum atomic E-state index is 14.3. The first-order chi connectivity index (χ1) is 10.1. The maximum Gasteiger partial charge on any atom is 0.256 e. The van der Waals surface area contributed by atoms with Crippen LogP contribution in [0.5, 0.6) is 11.6 Å². The van der Waals surface area contributed by atoms with Gasteiger partial charge in [0, 0.05) is 22.8 Å². The predicted octanol–water partition coefficient (Wildman–Crippen LogP) is 4.58. The Morgan fingerprint density at radius 1 is 1.33 bits per heavy atom. The van der Waals surface area contributed by atoms with Crippen molar-refractivity contribution in [2.24, 2.45) is 0 Å². The zero-order valence-corrected chi connectivity index (χ0v) is 13.7. The summed E-state index contributed by atoms with van der Waals surface area (Å²) in [6.45, 7) is 5.34. The molecular weight excluding hydrogens is 335 g/mol. The van der Waals surface area contributed by atoms with Gasteiger partial charge in [0.05, 0.1) is 0 Å². The van der Waals surface area contributed by atoms with E-state index in [0.717, 1.165) is 23.0 Å². The molecule has 1 N–H and O–H groups in total. The van der Waals surface area contributed by atoms with E-state index in [1.165, 1.54) is 0 Å². The standard InChI is InChI=1S/C16H18BrFN2O/c1-3-7-19-10-12-6-8-20-16(15(12)18)21-13-4-5-14(17)11(2)9-13/h4-6,8-9,19H,3,7,10H2,1-2H3. The van der Waals surface area contributed by atoms with Crippen molar-refractivity contribution in [3.8, 4) is 11.6 Å². The zero-order chi connectivity index (χ0) is 15.2. The van der Waals surface area contributed by atoms with Crippen LogP contribution in [0.4, 0.5) is 4.39 Å². The van der Waals surface area contributed by atoms with E-state index in [1.807, 2.05) is 19.1 Å². The third-order valence-electron chi connectivity index (χ3n) is 3.02. The Bertz CT molecular complexity index is 619. The molecule has 0 aliphatic carbocycles. The molecule has 0 fully saturated rings. The molecule has 2 rings (SSSR count). The minimum absolute atomic E-state index is 0.00696. The molecule has 0 aliphatic heterocycles. The van der Waals surface area contributed by atoms with E-state index >= 15 is 0 Å². The highest BCUT2D eigenvalue weighted by Gasteiger charge is 2.11. The summed E-state index contributed by atoms with van der Waals surface area (Å²) < 4.78 is 20.9. The van der Waals surface area contributed by atoms with E-state index in [-0.39, 0.29) is 5.88 Å². The minimum Gasteiger partial charge on any atom is -0.436 e. The molecule has 1 aromatic heterocycles. The summed E-state index contributed by atoms with van der Waals surface area (Å²) in [5.41, 5.74) is 1.58. The van der Waals surface area contributed by atoms with Gasteiger partial charge in [-0.1, -0.05) is 22.9 Å². The second-order valence-corrected chi connectivity index (χ2v) is 5.63. The molecule has 0 saturated carbocycles. The molecule has 2 aromatic rings. The first-order valence-electron chi connectivity index (χ1n) is 6.90. The Morgan fingerprint density at radius 2 is 2.14 bits per heavy atom. The van der Waals surface area contributed by atoms with Crippen LogP contribution >= 0.6 is 15.9 Å². The van der Waals surface area contributed by atoms with Gasteiger partial charge < -0.3 is 10.1 Å². The van der Waals surface area contributed by atoms with Crippen molar-refractivity contribution in [1.82, 2.24) is 10.3 Å². The number of benzene rings is 1. The van der Waals surface area contributed by atoms with Crippen molar-refractivity contribution in [2.45, 2.75) is 26.8 Å². The summed E-state index contributed by atoms with van der Waals surface area (Å²) in [6, 6.07) is 7.15. The highest BCUT2D eigenvalue weighted by molar-refractivity contribution is 9.10. The number of hydrogen-bond acceptors (Lipinski definition) is 3. The van der Waals surface area contributed by atoms with E-state index in [2.05, 4.69) is 33.2 Å². The van der Waals surface area contributed by atoms with Crippen LogP contribution in [0.15, 0.2) is 34.9 Å². The van der Waals surface area contributed by atoms with E-state index in [1.54, 1.807) is 18.3 Å². The Balaban J connectivity index is 2.16. The normalized spacial score (nSPS) is 10.7. The summed E-state index contributed by atoms with van der Waals surface area (Å²) in [7, 11) is 0. The van der Waals surface area contributed by atoms with E-state index < -0.39 is 5.82 Å². The van der Waals surface area contributed by atoms with E-state index in [9.17, 15) is 4.39 Å². The molecule has 0 unspecified atom stereocenters. The molecule has 0 atom stereocenters. The van der Waals surface area contributed by atoms with Crippen molar-refractivity contribution < 1.29 is 9.13 Å². The smallest absolute Gasteiger partial charge is 0.256 e. The molecule has 0 radical (unpaired) electrons. The first-order valence-corrected chi connectivity index (χ1v) is 7.69. The van der Waals surface area contributed by atoms with Crippen molar-refractivity contribution >= 4 is 15.9 Å². The number of pyridine rings is 1. The first kappa shape index (κ1) is 15.9. The Labute approximate surface area is 132 Å². The molecule has 5 heteroatoms. The van der Waals surface area contributed by atoms with E-state index in [4.69, 9.17) is 4.74 Å². The number of hydrogen-bond donors (Lipinski definition) is 1. The molecule has 3 nitrogen and oxygen atoms in total. The van der Waals surface area contributed by atoms with Crippen LogP contribution < -0.4 is 10.1 Å². The SMILES string of the molecule is CCCNCc1ccnc(Oc2ccc(Br)c(C)c2)c1F. The second kappa shape index (κ2) is 7.52. The van der Waals surface area contributed by atoms with Gasteiger partial charge in [0.2, 0.25) is 0 Å². The monoisotopic (exact) mass is 352 g/mol. The Morgan fingerprint density at radius 3 is 2.86 bits per heavy atom. The lowest BCUT2D eigenvalue weighted by Crippen LogP contribution is -2.15. The van der Waals surface area contributed by atoms with Crippen LogP contribution in [0, 0.1) is 12.7 Å². The molecule has 112 valence electrons. The molecule has 1 aromatic carbocycles. The van der Waals surface area contributed by atoms with Gasteiger partial charge in [0.1, 0.15) is 5.75 Å². The van der Waals surface area contributed by atoms with Crippen molar-refractivity contribution in [3.05, 3.63) is 51.9 Å². The lowest BCUT2D eigenvalue weighted by atomic mass is 10.2. The third kappa shape index (κ3) is 4.25. The van der Waals surface area contributed by atoms with Crippen molar-refractivity contribution in [3.63, 3.8) is 0 Å². The minimum atomic E-state index is -0.415. The molecule has 0 amide bonds. The topological polar surface area (TPSA) is 34.2 Å². The van der Waals surface area contributed by atoms with Gasteiger partial charge in [0.15, 0.2) is 5.82 Å². The van der Waals surface area contributed by atoms with Crippen molar-refractivity contribution in [2.75, 3.05) is 6.54 Å². The molecule has 0 spiro atoms. The summed E-state index contributed by atoms with van der Waals surface area (Å²) in [5, 5.41) is 3.17. The average Bonchev–Trinajstić information content (AvgIpc) is 2.47. The van der Waals surface area contributed by atoms with Crippen LogP contribution in [0.1, 0.15) is 24.5 Å². The molecule has 0 saturated heterocycles. The number of nitrogens with zero attached hydrogens (tertiary/aromatic N) is 1. The summed E-state index contributed by atoms with van der Waals surface area (Å²) in [6.07, 6.45) is 2.57. The Hall–Kier alpha value is -1.46. The number of aryl methyl sites for hydroxylation is 1. The lowest BCUT2D eigenvalue weighted by Gasteiger charge is -2.10. The fourth-order valence-corrected chi connectivity index (χ4v) is 2.11. The lowest BCUT2D eigenvalue weighted by molar-refractivity contribution is 0.417. The van der Waals surface area contributed by atoms with Gasteiger partial charge in [-0.2, -0.15) is 0 Å². The number of nitrogens with one attached hydrogen (secondary N) is 1. The summed E-state index contributed by atoms with van der Waals surface area (Å²) in [4.78, 5) is 3.98. The molecular formula is C16H18BrFN2O. The van der Waals surface area contributed by atoms with Crippen LogP contribution in [-0.4, -0.2) is 11.5 Å². The van der Waals surface area contributed by atoms with Gasteiger partial charge >= 0.3 is 0 Å². The zero-order valence-electron chi connectivity index (χ0n) is 12.1. The van der Waals surface area contributed by atoms with Crippen LogP contribution in [0.25, 0.3) is 0 Å². The van der Waals surface area contributed by atoms with Gasteiger partial charge in [0.25, 0.3) is 5.88 Å². The second-order valence-electron chi connectivity index (χ2n) is 4.78. The number of halogens is 2. The van der Waals surface area contributed by atoms with Crippen molar-refractivity contribution in [1.29, 1.82) is 0 Å². The highest BCUT2D eigenvalue weighted by atomic mass is 79.9. The highest BCUT2D eigenvalue weighted by Crippen LogP contribution is 2.27. The molecule has 0 bridgehead atoms. The van der Waals surface area contributed by atoms with Gasteiger partial charge in [-0.25, -0.2) is 9.37 Å². The van der Waals surface area contributed by atoms with Gasteiger partial charge in [-0.15, -0.1) is 0 Å². The largest absolute Gasteiger partial charge is 0.436 e. The summed E-state index contributed by atoms with van der Waals surface area (Å²) >= 11 is 3.42. The molecule has 1 heterocycles. The van der Waals surface area contributed by atoms with Crippen LogP contribution in [0.2, 0.25) is 0 Å². The molecule has 21 heavy (non-hydrogen) atoms. The maximum absolute atomic E-state index is 14.3. The fourth-order valence-electron chi connectivity index (χ4n) is 1.86. The van der Waals surface area contributed by atoms with Crippen LogP contribution in [0.3, 0.4) is 0 Å². The average molecular weight is 353 g/mol. The number of ether oxygens (including phenoxy) is 1. The molecule has 0 aliphatic rings. The summed E-state index contributed by atoms with van der Waals surface area (Å²) in [5.74, 6) is 0.162. The Kier molecular flexibility index (Phi) is 5.70. The van der Waals surface area contributed by atoms with E-state index in [0.29, 0.717) is 17.9 Å².